The number of hydrogen-bond acceptors (Lipinski definition) is 3. The van der Waals surface area contributed by atoms with E-state index in [1.54, 1.807) is 0 Å². The number of nitrogens with one attached hydrogen (secondary N) is 1. The molecule has 0 spiro atoms. The van der Waals surface area contributed by atoms with Crippen molar-refractivity contribution < 1.29 is 5.11 Å². The van der Waals surface area contributed by atoms with Gasteiger partial charge in [0.1, 0.15) is 0 Å². The lowest BCUT2D eigenvalue weighted by Crippen LogP contribution is -2.06. The van der Waals surface area contributed by atoms with E-state index in [1.165, 1.54) is 16.0 Å². The second kappa shape index (κ2) is 6.94. The molecular weight excluding hydrogens is 218 g/mol. The lowest BCUT2D eigenvalue weighted by Gasteiger charge is -2.11. The highest BCUT2D eigenvalue weighted by Crippen LogP contribution is 2.26. The van der Waals surface area contributed by atoms with Crippen LogP contribution in [0.5, 0.6) is 0 Å². The van der Waals surface area contributed by atoms with Gasteiger partial charge in [0, 0.05) is 23.3 Å². The quantitative estimate of drug-likeness (QED) is 0.748. The van der Waals surface area contributed by atoms with Gasteiger partial charge in [0.15, 0.2) is 0 Å². The Balaban J connectivity index is 2.65. The van der Waals surface area contributed by atoms with Gasteiger partial charge < -0.3 is 10.4 Å². The van der Waals surface area contributed by atoms with Crippen LogP contribution in [0.4, 0.5) is 0 Å². The van der Waals surface area contributed by atoms with Crippen molar-refractivity contribution in [3.05, 3.63) is 29.3 Å². The maximum atomic E-state index is 8.86. The molecule has 0 aromatic heterocycles. The number of thioether (sulfide) groups is 1. The Morgan fingerprint density at radius 1 is 1.44 bits per heavy atom. The van der Waals surface area contributed by atoms with Crippen LogP contribution in [0.1, 0.15) is 24.5 Å². The van der Waals surface area contributed by atoms with E-state index >= 15 is 0 Å². The molecule has 0 amide bonds. The largest absolute Gasteiger partial charge is 0.396 e. The monoisotopic (exact) mass is 239 g/mol. The van der Waals surface area contributed by atoms with Crippen molar-refractivity contribution >= 4 is 11.8 Å². The molecule has 0 aliphatic rings. The first-order valence-electron chi connectivity index (χ1n) is 5.69. The van der Waals surface area contributed by atoms with E-state index in [4.69, 9.17) is 5.11 Å². The lowest BCUT2D eigenvalue weighted by molar-refractivity contribution is 0.289. The van der Waals surface area contributed by atoms with Crippen LogP contribution in [-0.2, 0) is 6.54 Å². The van der Waals surface area contributed by atoms with Crippen molar-refractivity contribution in [2.75, 3.05) is 13.7 Å². The van der Waals surface area contributed by atoms with E-state index in [0.29, 0.717) is 5.25 Å². The molecule has 0 aliphatic heterocycles. The molecule has 0 saturated carbocycles. The Kier molecular flexibility index (Phi) is 5.88. The molecule has 1 aromatic rings. The molecule has 0 saturated heterocycles. The number of hydrogen-bond donors (Lipinski definition) is 2. The molecule has 2 N–H and O–H groups in total. The molecular formula is C13H21NOS. The molecule has 16 heavy (non-hydrogen) atoms. The Bertz CT molecular complexity index is 328. The molecule has 1 atom stereocenters. The SMILES string of the molecule is CNCc1ccc(SC(C)CCO)cc1C. The van der Waals surface area contributed by atoms with Crippen LogP contribution in [0, 0.1) is 6.92 Å². The maximum Gasteiger partial charge on any atom is 0.0441 e. The van der Waals surface area contributed by atoms with Crippen LogP contribution >= 0.6 is 11.8 Å². The second-order valence-corrected chi connectivity index (χ2v) is 5.57. The molecule has 2 nitrogen and oxygen atoms in total. The van der Waals surface area contributed by atoms with Gasteiger partial charge in [-0.2, -0.15) is 0 Å². The first kappa shape index (κ1) is 13.6. The van der Waals surface area contributed by atoms with E-state index in [2.05, 4.69) is 37.4 Å². The normalized spacial score (nSPS) is 12.8. The van der Waals surface area contributed by atoms with E-state index in [9.17, 15) is 0 Å². The number of rotatable bonds is 6. The molecule has 0 fully saturated rings. The average Bonchev–Trinajstić information content (AvgIpc) is 2.22. The van der Waals surface area contributed by atoms with Crippen LogP contribution in [0.25, 0.3) is 0 Å². The van der Waals surface area contributed by atoms with Crippen molar-refractivity contribution in [3.8, 4) is 0 Å². The van der Waals surface area contributed by atoms with Gasteiger partial charge in [0.25, 0.3) is 0 Å². The minimum Gasteiger partial charge on any atom is -0.396 e. The fourth-order valence-corrected chi connectivity index (χ4v) is 2.68. The summed E-state index contributed by atoms with van der Waals surface area (Å²) in [4.78, 5) is 1.29. The Hall–Kier alpha value is -0.510. The fraction of sp³-hybridized carbons (Fsp3) is 0.538. The first-order chi connectivity index (χ1) is 7.67. The van der Waals surface area contributed by atoms with Gasteiger partial charge in [-0.1, -0.05) is 13.0 Å². The van der Waals surface area contributed by atoms with Gasteiger partial charge >= 0.3 is 0 Å². The van der Waals surface area contributed by atoms with Crippen LogP contribution in [-0.4, -0.2) is 24.0 Å². The molecule has 0 bridgehead atoms. The summed E-state index contributed by atoms with van der Waals surface area (Å²) in [6, 6.07) is 6.57. The molecule has 0 aliphatic carbocycles. The Labute approximate surface area is 102 Å². The molecule has 1 unspecified atom stereocenters. The third-order valence-electron chi connectivity index (χ3n) is 2.55. The van der Waals surface area contributed by atoms with E-state index in [1.807, 2.05) is 18.8 Å². The number of benzene rings is 1. The third-order valence-corrected chi connectivity index (χ3v) is 3.72. The molecule has 3 heteroatoms. The number of aliphatic hydroxyl groups excluding tert-OH is 1. The highest BCUT2D eigenvalue weighted by Gasteiger charge is 2.05. The van der Waals surface area contributed by atoms with Gasteiger partial charge in [-0.25, -0.2) is 0 Å². The zero-order valence-corrected chi connectivity index (χ0v) is 11.1. The van der Waals surface area contributed by atoms with Gasteiger partial charge in [0.2, 0.25) is 0 Å². The predicted octanol–water partition coefficient (Wildman–Crippen LogP) is 2.58. The van der Waals surface area contributed by atoms with Crippen molar-refractivity contribution in [1.82, 2.24) is 5.32 Å². The summed E-state index contributed by atoms with van der Waals surface area (Å²) < 4.78 is 0. The standard InChI is InChI=1S/C13H21NOS/c1-10-8-13(16-11(2)6-7-15)5-4-12(10)9-14-3/h4-5,8,11,14-15H,6-7,9H2,1-3H3. The highest BCUT2D eigenvalue weighted by molar-refractivity contribution is 7.99. The average molecular weight is 239 g/mol. The summed E-state index contributed by atoms with van der Waals surface area (Å²) in [6.45, 7) is 5.49. The topological polar surface area (TPSA) is 32.3 Å². The van der Waals surface area contributed by atoms with Crippen LogP contribution in [0.15, 0.2) is 23.1 Å². The summed E-state index contributed by atoms with van der Waals surface area (Å²) in [6.07, 6.45) is 0.849. The minimum atomic E-state index is 0.269. The fourth-order valence-electron chi connectivity index (χ4n) is 1.60. The molecule has 90 valence electrons. The Morgan fingerprint density at radius 2 is 2.19 bits per heavy atom. The molecule has 0 heterocycles. The molecule has 1 aromatic carbocycles. The van der Waals surface area contributed by atoms with Gasteiger partial charge in [0.05, 0.1) is 0 Å². The van der Waals surface area contributed by atoms with Gasteiger partial charge in [-0.05, 0) is 43.7 Å². The minimum absolute atomic E-state index is 0.269. The van der Waals surface area contributed by atoms with Crippen molar-refractivity contribution in [2.45, 2.75) is 37.0 Å². The zero-order chi connectivity index (χ0) is 12.0. The molecule has 0 radical (unpaired) electrons. The smallest absolute Gasteiger partial charge is 0.0441 e. The summed E-state index contributed by atoms with van der Waals surface area (Å²) in [5.74, 6) is 0. The van der Waals surface area contributed by atoms with Crippen LogP contribution in [0.3, 0.4) is 0 Å². The first-order valence-corrected chi connectivity index (χ1v) is 6.57. The predicted molar refractivity (Wildman–Crippen MR) is 71.0 cm³/mol. The summed E-state index contributed by atoms with van der Waals surface area (Å²) >= 11 is 1.83. The summed E-state index contributed by atoms with van der Waals surface area (Å²) in [5, 5.41) is 12.5. The number of aliphatic hydroxyl groups is 1. The Morgan fingerprint density at radius 3 is 2.75 bits per heavy atom. The van der Waals surface area contributed by atoms with Crippen LogP contribution in [0.2, 0.25) is 0 Å². The summed E-state index contributed by atoms with van der Waals surface area (Å²) in [5.41, 5.74) is 2.68. The third kappa shape index (κ3) is 4.16. The maximum absolute atomic E-state index is 8.86. The van der Waals surface area contributed by atoms with Crippen LogP contribution < -0.4 is 5.32 Å². The lowest BCUT2D eigenvalue weighted by atomic mass is 10.1. The second-order valence-electron chi connectivity index (χ2n) is 4.06. The number of aryl methyl sites for hydroxylation is 1. The highest BCUT2D eigenvalue weighted by atomic mass is 32.2. The zero-order valence-electron chi connectivity index (χ0n) is 10.3. The molecule has 1 rings (SSSR count). The van der Waals surface area contributed by atoms with Gasteiger partial charge in [-0.3, -0.25) is 0 Å². The van der Waals surface area contributed by atoms with E-state index in [-0.39, 0.29) is 6.61 Å². The van der Waals surface area contributed by atoms with Crippen molar-refractivity contribution in [1.29, 1.82) is 0 Å². The van der Waals surface area contributed by atoms with Crippen molar-refractivity contribution in [2.24, 2.45) is 0 Å². The summed E-state index contributed by atoms with van der Waals surface area (Å²) in [7, 11) is 1.96. The van der Waals surface area contributed by atoms with Gasteiger partial charge in [-0.15, -0.1) is 11.8 Å². The van der Waals surface area contributed by atoms with E-state index in [0.717, 1.165) is 13.0 Å². The van der Waals surface area contributed by atoms with Crippen molar-refractivity contribution in [3.63, 3.8) is 0 Å². The van der Waals surface area contributed by atoms with E-state index < -0.39 is 0 Å².